The maximum Gasteiger partial charge on any atom is 0.414 e. The Morgan fingerprint density at radius 2 is 1.91 bits per heavy atom. The van der Waals surface area contributed by atoms with Crippen molar-refractivity contribution < 1.29 is 27.2 Å². The lowest BCUT2D eigenvalue weighted by atomic mass is 10.0. The lowest BCUT2D eigenvalue weighted by molar-refractivity contribution is -0.192. The van der Waals surface area contributed by atoms with Gasteiger partial charge >= 0.3 is 6.18 Å². The van der Waals surface area contributed by atoms with Crippen LogP contribution in [-0.4, -0.2) is 48.0 Å². The second-order valence-electron chi connectivity index (χ2n) is 8.74. The Kier molecular flexibility index (Phi) is 6.22. The van der Waals surface area contributed by atoms with E-state index in [0.717, 1.165) is 12.6 Å². The standard InChI is InChI=1S/C23H23ClF4N4O2/c1-29-20(33)22(7-8-22)21(34)32(2)19(23(26,27)28)17-6-4-13(11-30-17)31-14-9-12-3-5-16(24)18(25)15(12)10-14/h3-6,11,14,19,31H,7-10H2,1-2H3,(H,29,33)/t14?,19-/m0/s1. The van der Waals surface area contributed by atoms with Crippen LogP contribution in [0.25, 0.3) is 0 Å². The fourth-order valence-corrected chi connectivity index (χ4v) is 4.74. The van der Waals surface area contributed by atoms with Crippen LogP contribution in [0, 0.1) is 11.2 Å². The number of carbonyl (C=O) groups excluding carboxylic acids is 2. The molecule has 0 bridgehead atoms. The van der Waals surface area contributed by atoms with E-state index >= 15 is 0 Å². The van der Waals surface area contributed by atoms with Gasteiger partial charge in [0.2, 0.25) is 11.8 Å². The molecule has 182 valence electrons. The number of rotatable bonds is 6. The van der Waals surface area contributed by atoms with Crippen molar-refractivity contribution in [1.29, 1.82) is 0 Å². The van der Waals surface area contributed by atoms with Gasteiger partial charge in [0.15, 0.2) is 6.04 Å². The van der Waals surface area contributed by atoms with Crippen molar-refractivity contribution >= 4 is 29.1 Å². The molecule has 0 spiro atoms. The molecular weight excluding hydrogens is 476 g/mol. The predicted octanol–water partition coefficient (Wildman–Crippen LogP) is 4.04. The molecule has 11 heteroatoms. The number of benzene rings is 1. The van der Waals surface area contributed by atoms with E-state index in [4.69, 9.17) is 11.6 Å². The molecule has 2 aliphatic carbocycles. The zero-order valence-corrected chi connectivity index (χ0v) is 19.2. The molecule has 1 aromatic carbocycles. The van der Waals surface area contributed by atoms with Crippen LogP contribution in [0.4, 0.5) is 23.2 Å². The molecule has 1 heterocycles. The number of nitrogens with zero attached hydrogens (tertiary/aromatic N) is 2. The summed E-state index contributed by atoms with van der Waals surface area (Å²) >= 11 is 5.84. The molecule has 2 aliphatic rings. The van der Waals surface area contributed by atoms with Crippen molar-refractivity contribution in [2.24, 2.45) is 5.41 Å². The summed E-state index contributed by atoms with van der Waals surface area (Å²) in [5, 5.41) is 5.56. The van der Waals surface area contributed by atoms with E-state index in [1.807, 2.05) is 0 Å². The third-order valence-corrected chi connectivity index (χ3v) is 6.78. The van der Waals surface area contributed by atoms with Crippen LogP contribution in [0.15, 0.2) is 30.5 Å². The number of hydrogen-bond acceptors (Lipinski definition) is 4. The molecule has 6 nitrogen and oxygen atoms in total. The molecule has 1 unspecified atom stereocenters. The molecule has 34 heavy (non-hydrogen) atoms. The molecule has 0 radical (unpaired) electrons. The first-order valence-corrected chi connectivity index (χ1v) is 11.1. The molecule has 0 aliphatic heterocycles. The Morgan fingerprint density at radius 3 is 2.47 bits per heavy atom. The van der Waals surface area contributed by atoms with Gasteiger partial charge in [-0.15, -0.1) is 0 Å². The molecule has 4 rings (SSSR count). The number of anilines is 1. The van der Waals surface area contributed by atoms with Gasteiger partial charge in [-0.2, -0.15) is 13.2 Å². The number of carbonyl (C=O) groups is 2. The largest absolute Gasteiger partial charge is 0.414 e. The van der Waals surface area contributed by atoms with E-state index in [1.54, 1.807) is 6.07 Å². The van der Waals surface area contributed by atoms with Crippen molar-refractivity contribution in [3.8, 4) is 0 Å². The summed E-state index contributed by atoms with van der Waals surface area (Å²) in [5.41, 5.74) is -0.00563. The Balaban J connectivity index is 1.50. The van der Waals surface area contributed by atoms with Crippen LogP contribution < -0.4 is 10.6 Å². The number of aromatic nitrogens is 1. The second kappa shape index (κ2) is 8.72. The van der Waals surface area contributed by atoms with Crippen LogP contribution in [0.5, 0.6) is 0 Å². The third kappa shape index (κ3) is 4.31. The van der Waals surface area contributed by atoms with Crippen molar-refractivity contribution in [2.45, 2.75) is 43.9 Å². The molecule has 2 N–H and O–H groups in total. The number of halogens is 5. The van der Waals surface area contributed by atoms with E-state index in [2.05, 4.69) is 15.6 Å². The van der Waals surface area contributed by atoms with Crippen molar-refractivity contribution in [2.75, 3.05) is 19.4 Å². The molecule has 1 saturated carbocycles. The summed E-state index contributed by atoms with van der Waals surface area (Å²) < 4.78 is 56.1. The highest BCUT2D eigenvalue weighted by Gasteiger charge is 2.60. The van der Waals surface area contributed by atoms with Crippen LogP contribution in [0.3, 0.4) is 0 Å². The van der Waals surface area contributed by atoms with E-state index in [0.29, 0.717) is 29.0 Å². The minimum absolute atomic E-state index is 0.0478. The maximum atomic E-state index is 14.2. The van der Waals surface area contributed by atoms with Crippen LogP contribution in [0.2, 0.25) is 5.02 Å². The normalized spacial score (nSPS) is 19.2. The van der Waals surface area contributed by atoms with E-state index in [-0.39, 0.29) is 29.6 Å². The summed E-state index contributed by atoms with van der Waals surface area (Å²) in [6, 6.07) is 3.43. The third-order valence-electron chi connectivity index (χ3n) is 6.49. The smallest absolute Gasteiger partial charge is 0.380 e. The summed E-state index contributed by atoms with van der Waals surface area (Å²) in [6.45, 7) is 0. The van der Waals surface area contributed by atoms with Crippen molar-refractivity contribution in [1.82, 2.24) is 15.2 Å². The van der Waals surface area contributed by atoms with Gasteiger partial charge in [0.05, 0.1) is 22.6 Å². The van der Waals surface area contributed by atoms with Gasteiger partial charge < -0.3 is 15.5 Å². The summed E-state index contributed by atoms with van der Waals surface area (Å²) in [5.74, 6) is -1.93. The number of amides is 2. The molecule has 2 aromatic rings. The molecule has 0 saturated heterocycles. The minimum atomic E-state index is -4.80. The molecule has 2 amide bonds. The van der Waals surface area contributed by atoms with Crippen molar-refractivity contribution in [3.05, 3.63) is 58.1 Å². The fourth-order valence-electron chi connectivity index (χ4n) is 4.56. The van der Waals surface area contributed by atoms with E-state index in [9.17, 15) is 27.2 Å². The average molecular weight is 499 g/mol. The highest BCUT2D eigenvalue weighted by molar-refractivity contribution is 6.30. The Bertz CT molecular complexity index is 1120. The first-order valence-electron chi connectivity index (χ1n) is 10.7. The van der Waals surface area contributed by atoms with E-state index < -0.39 is 35.3 Å². The lowest BCUT2D eigenvalue weighted by Gasteiger charge is -2.32. The van der Waals surface area contributed by atoms with Gasteiger partial charge in [-0.25, -0.2) is 4.39 Å². The second-order valence-corrected chi connectivity index (χ2v) is 9.15. The topological polar surface area (TPSA) is 74.3 Å². The summed E-state index contributed by atoms with van der Waals surface area (Å²) in [4.78, 5) is 29.4. The number of pyridine rings is 1. The van der Waals surface area contributed by atoms with Crippen LogP contribution in [-0.2, 0) is 22.4 Å². The Morgan fingerprint density at radius 1 is 1.21 bits per heavy atom. The zero-order valence-electron chi connectivity index (χ0n) is 18.5. The minimum Gasteiger partial charge on any atom is -0.380 e. The zero-order chi connectivity index (χ0) is 24.8. The van der Waals surface area contributed by atoms with Crippen LogP contribution >= 0.6 is 11.6 Å². The van der Waals surface area contributed by atoms with E-state index in [1.165, 1.54) is 31.4 Å². The van der Waals surface area contributed by atoms with Gasteiger partial charge in [0.1, 0.15) is 11.2 Å². The predicted molar refractivity (Wildman–Crippen MR) is 118 cm³/mol. The first kappa shape index (κ1) is 24.3. The Labute approximate surface area is 198 Å². The van der Waals surface area contributed by atoms with Gasteiger partial charge in [-0.3, -0.25) is 14.6 Å². The molecular formula is C23H23ClF4N4O2. The molecule has 2 atom stereocenters. The number of nitrogens with one attached hydrogen (secondary N) is 2. The van der Waals surface area contributed by atoms with Crippen molar-refractivity contribution in [3.63, 3.8) is 0 Å². The number of alkyl halides is 3. The lowest BCUT2D eigenvalue weighted by Crippen LogP contribution is -2.47. The quantitative estimate of drug-likeness (QED) is 0.466. The van der Waals surface area contributed by atoms with Gasteiger partial charge in [0.25, 0.3) is 0 Å². The van der Waals surface area contributed by atoms with Crippen LogP contribution in [0.1, 0.15) is 35.7 Å². The molecule has 1 fully saturated rings. The van der Waals surface area contributed by atoms with Gasteiger partial charge in [0, 0.05) is 20.1 Å². The number of hydrogen-bond donors (Lipinski definition) is 2. The monoisotopic (exact) mass is 498 g/mol. The molecule has 1 aromatic heterocycles. The first-order chi connectivity index (χ1) is 16.0. The van der Waals surface area contributed by atoms with Gasteiger partial charge in [-0.05, 0) is 55.0 Å². The summed E-state index contributed by atoms with van der Waals surface area (Å²) in [7, 11) is 2.38. The maximum absolute atomic E-state index is 14.2. The number of fused-ring (bicyclic) bond motifs is 1. The fraction of sp³-hybridized carbons (Fsp3) is 0.435. The average Bonchev–Trinajstić information content (AvgIpc) is 3.50. The highest BCUT2D eigenvalue weighted by Crippen LogP contribution is 2.49. The summed E-state index contributed by atoms with van der Waals surface area (Å²) in [6.07, 6.45) is -2.22. The SMILES string of the molecule is CNC(=O)C1(C(=O)N(C)[C@@H](c2ccc(NC3Cc4ccc(Cl)c(F)c4C3)cn2)C(F)(F)F)CC1. The van der Waals surface area contributed by atoms with Gasteiger partial charge in [-0.1, -0.05) is 17.7 Å². The highest BCUT2D eigenvalue weighted by atomic mass is 35.5. The Hall–Kier alpha value is -2.88.